The van der Waals surface area contributed by atoms with Crippen molar-refractivity contribution in [1.29, 1.82) is 0 Å². The third kappa shape index (κ3) is 2.80. The van der Waals surface area contributed by atoms with Crippen molar-refractivity contribution in [1.82, 2.24) is 15.5 Å². The second-order valence-electron chi connectivity index (χ2n) is 4.01. The normalized spacial score (nSPS) is 14.7. The molecule has 96 valence electrons. The zero-order valence-corrected chi connectivity index (χ0v) is 10.5. The van der Waals surface area contributed by atoms with Gasteiger partial charge in [0, 0.05) is 13.1 Å². The van der Waals surface area contributed by atoms with Gasteiger partial charge < -0.3 is 14.6 Å². The maximum Gasteiger partial charge on any atom is 0.232 e. The molecule has 0 bridgehead atoms. The molecule has 18 heavy (non-hydrogen) atoms. The fourth-order valence-electron chi connectivity index (χ4n) is 1.62. The van der Waals surface area contributed by atoms with Gasteiger partial charge in [-0.2, -0.15) is 4.98 Å². The first-order chi connectivity index (χ1) is 8.42. The molecule has 6 heteroatoms. The summed E-state index contributed by atoms with van der Waals surface area (Å²) in [6.07, 6.45) is 0. The number of aromatic nitrogens is 2. The van der Waals surface area contributed by atoms with E-state index in [1.54, 1.807) is 0 Å². The lowest BCUT2D eigenvalue weighted by Gasteiger charge is -2.22. The summed E-state index contributed by atoms with van der Waals surface area (Å²) in [7, 11) is 0. The minimum Gasteiger partial charge on any atom is -0.485 e. The van der Waals surface area contributed by atoms with Crippen LogP contribution in [-0.2, 0) is 6.61 Å². The van der Waals surface area contributed by atoms with Gasteiger partial charge in [0.1, 0.15) is 5.75 Å². The highest BCUT2D eigenvalue weighted by atomic mass is 35.5. The average molecular weight is 268 g/mol. The first-order valence-electron chi connectivity index (χ1n) is 5.63. The molecule has 5 nitrogen and oxygen atoms in total. The van der Waals surface area contributed by atoms with Crippen molar-refractivity contribution in [3.63, 3.8) is 0 Å². The molecule has 1 aliphatic rings. The SMILES string of the molecule is Cl.c1ccc(OCc2noc(C3CNC3)n2)cc1. The summed E-state index contributed by atoms with van der Waals surface area (Å²) >= 11 is 0. The Morgan fingerprint density at radius 1 is 1.28 bits per heavy atom. The van der Waals surface area contributed by atoms with Gasteiger partial charge in [0.25, 0.3) is 0 Å². The number of hydrogen-bond acceptors (Lipinski definition) is 5. The third-order valence-corrected chi connectivity index (χ3v) is 2.73. The van der Waals surface area contributed by atoms with Crippen LogP contribution in [0.3, 0.4) is 0 Å². The van der Waals surface area contributed by atoms with Crippen molar-refractivity contribution in [2.75, 3.05) is 13.1 Å². The molecule has 0 radical (unpaired) electrons. The summed E-state index contributed by atoms with van der Waals surface area (Å²) in [5, 5.41) is 7.06. The fraction of sp³-hybridized carbons (Fsp3) is 0.333. The molecule has 0 aliphatic carbocycles. The predicted octanol–water partition coefficient (Wildman–Crippen LogP) is 1.76. The lowest BCUT2D eigenvalue weighted by atomic mass is 10.0. The van der Waals surface area contributed by atoms with E-state index in [0.29, 0.717) is 24.2 Å². The number of benzene rings is 1. The molecule has 0 amide bonds. The fourth-order valence-corrected chi connectivity index (χ4v) is 1.62. The average Bonchev–Trinajstić information content (AvgIpc) is 2.74. The predicted molar refractivity (Wildman–Crippen MR) is 67.9 cm³/mol. The molecule has 1 N–H and O–H groups in total. The molecule has 1 fully saturated rings. The molecular weight excluding hydrogens is 254 g/mol. The number of nitrogens with one attached hydrogen (secondary N) is 1. The molecule has 2 aromatic rings. The lowest BCUT2D eigenvalue weighted by Crippen LogP contribution is -2.40. The molecule has 0 saturated carbocycles. The highest BCUT2D eigenvalue weighted by Gasteiger charge is 2.24. The van der Waals surface area contributed by atoms with Crippen molar-refractivity contribution in [3.05, 3.63) is 42.0 Å². The highest BCUT2D eigenvalue weighted by molar-refractivity contribution is 5.85. The van der Waals surface area contributed by atoms with E-state index in [1.165, 1.54) is 0 Å². The van der Waals surface area contributed by atoms with Crippen LogP contribution in [0.2, 0.25) is 0 Å². The molecule has 3 rings (SSSR count). The van der Waals surface area contributed by atoms with Gasteiger partial charge >= 0.3 is 0 Å². The van der Waals surface area contributed by atoms with Crippen LogP contribution in [0.1, 0.15) is 17.6 Å². The quantitative estimate of drug-likeness (QED) is 0.915. The van der Waals surface area contributed by atoms with Crippen LogP contribution in [0.15, 0.2) is 34.9 Å². The summed E-state index contributed by atoms with van der Waals surface area (Å²) in [5.74, 6) is 2.48. The van der Waals surface area contributed by atoms with Gasteiger partial charge in [-0.05, 0) is 12.1 Å². The summed E-state index contributed by atoms with van der Waals surface area (Å²) < 4.78 is 10.7. The van der Waals surface area contributed by atoms with Crippen molar-refractivity contribution in [2.45, 2.75) is 12.5 Å². The molecule has 1 saturated heterocycles. The van der Waals surface area contributed by atoms with Gasteiger partial charge in [-0.15, -0.1) is 12.4 Å². The van der Waals surface area contributed by atoms with Crippen molar-refractivity contribution in [2.24, 2.45) is 0 Å². The molecular formula is C12H14ClN3O2. The Morgan fingerprint density at radius 2 is 2.06 bits per heavy atom. The Bertz CT molecular complexity index is 485. The second kappa shape index (κ2) is 5.84. The van der Waals surface area contributed by atoms with Crippen LogP contribution >= 0.6 is 12.4 Å². The third-order valence-electron chi connectivity index (χ3n) is 2.73. The number of hydrogen-bond donors (Lipinski definition) is 1. The van der Waals surface area contributed by atoms with Gasteiger partial charge in [0.05, 0.1) is 5.92 Å². The molecule has 1 aliphatic heterocycles. The first-order valence-corrected chi connectivity index (χ1v) is 5.63. The summed E-state index contributed by atoms with van der Waals surface area (Å²) in [6, 6.07) is 9.60. The first kappa shape index (κ1) is 12.9. The Labute approximate surface area is 111 Å². The van der Waals surface area contributed by atoms with E-state index in [9.17, 15) is 0 Å². The Balaban J connectivity index is 0.00000120. The minimum absolute atomic E-state index is 0. The van der Waals surface area contributed by atoms with Crippen molar-refractivity contribution in [3.8, 4) is 5.75 Å². The van der Waals surface area contributed by atoms with Gasteiger partial charge in [-0.25, -0.2) is 0 Å². The lowest BCUT2D eigenvalue weighted by molar-refractivity contribution is 0.278. The summed E-state index contributed by atoms with van der Waals surface area (Å²) in [6.45, 7) is 2.18. The van der Waals surface area contributed by atoms with E-state index in [2.05, 4.69) is 15.5 Å². The van der Waals surface area contributed by atoms with Crippen molar-refractivity contribution < 1.29 is 9.26 Å². The number of nitrogens with zero attached hydrogens (tertiary/aromatic N) is 2. The molecule has 0 spiro atoms. The van der Waals surface area contributed by atoms with Gasteiger partial charge in [0.15, 0.2) is 6.61 Å². The maximum absolute atomic E-state index is 5.54. The Hall–Kier alpha value is -1.59. The van der Waals surface area contributed by atoms with Crippen LogP contribution in [0.25, 0.3) is 0 Å². The monoisotopic (exact) mass is 267 g/mol. The van der Waals surface area contributed by atoms with E-state index in [4.69, 9.17) is 9.26 Å². The number of ether oxygens (including phenoxy) is 1. The van der Waals surface area contributed by atoms with Crippen LogP contribution in [0, 0.1) is 0 Å². The van der Waals surface area contributed by atoms with Gasteiger partial charge in [-0.1, -0.05) is 23.4 Å². The van der Waals surface area contributed by atoms with Crippen LogP contribution in [0.5, 0.6) is 5.75 Å². The highest BCUT2D eigenvalue weighted by Crippen LogP contribution is 2.18. The maximum atomic E-state index is 5.54. The zero-order chi connectivity index (χ0) is 11.5. The van der Waals surface area contributed by atoms with E-state index < -0.39 is 0 Å². The van der Waals surface area contributed by atoms with Gasteiger partial charge in [-0.3, -0.25) is 0 Å². The van der Waals surface area contributed by atoms with Crippen LogP contribution < -0.4 is 10.1 Å². The number of para-hydroxylation sites is 1. The smallest absolute Gasteiger partial charge is 0.232 e. The number of rotatable bonds is 4. The van der Waals surface area contributed by atoms with E-state index in [0.717, 1.165) is 18.8 Å². The molecule has 1 aromatic carbocycles. The minimum atomic E-state index is 0. The number of halogens is 1. The van der Waals surface area contributed by atoms with Crippen LogP contribution in [0.4, 0.5) is 0 Å². The topological polar surface area (TPSA) is 60.2 Å². The molecule has 1 aromatic heterocycles. The van der Waals surface area contributed by atoms with E-state index in [-0.39, 0.29) is 12.4 Å². The summed E-state index contributed by atoms with van der Waals surface area (Å²) in [5.41, 5.74) is 0. The zero-order valence-electron chi connectivity index (χ0n) is 9.70. The molecule has 2 heterocycles. The molecule has 0 unspecified atom stereocenters. The van der Waals surface area contributed by atoms with Crippen LogP contribution in [-0.4, -0.2) is 23.2 Å². The van der Waals surface area contributed by atoms with Crippen molar-refractivity contribution >= 4 is 12.4 Å². The Morgan fingerprint density at radius 3 is 2.72 bits per heavy atom. The largest absolute Gasteiger partial charge is 0.485 e. The standard InChI is InChI=1S/C12H13N3O2.ClH/c1-2-4-10(5-3-1)16-8-11-14-12(17-15-11)9-6-13-7-9;/h1-5,9,13H,6-8H2;1H. The van der Waals surface area contributed by atoms with E-state index in [1.807, 2.05) is 30.3 Å². The second-order valence-corrected chi connectivity index (χ2v) is 4.01. The summed E-state index contributed by atoms with van der Waals surface area (Å²) in [4.78, 5) is 4.30. The van der Waals surface area contributed by atoms with E-state index >= 15 is 0 Å². The van der Waals surface area contributed by atoms with Gasteiger partial charge in [0.2, 0.25) is 11.7 Å². The Kier molecular flexibility index (Phi) is 4.17. The molecule has 0 atom stereocenters.